The average molecular weight is 415 g/mol. The number of benzene rings is 1. The normalized spacial score (nSPS) is 25.9. The molecule has 0 saturated carbocycles. The van der Waals surface area contributed by atoms with E-state index in [2.05, 4.69) is 0 Å². The van der Waals surface area contributed by atoms with Crippen LogP contribution < -0.4 is 9.47 Å². The molecule has 8 heteroatoms. The maximum atomic E-state index is 12.1. The molecule has 3 aliphatic rings. The van der Waals surface area contributed by atoms with E-state index in [0.29, 0.717) is 37.4 Å². The summed E-state index contributed by atoms with van der Waals surface area (Å²) in [5.74, 6) is -0.138. The minimum atomic E-state index is -0.745. The lowest BCUT2D eigenvalue weighted by atomic mass is 9.69. The highest BCUT2D eigenvalue weighted by Gasteiger charge is 2.52. The third kappa shape index (κ3) is 3.11. The van der Waals surface area contributed by atoms with Crippen molar-refractivity contribution in [2.45, 2.75) is 37.0 Å². The van der Waals surface area contributed by atoms with E-state index in [1.807, 2.05) is 29.2 Å². The summed E-state index contributed by atoms with van der Waals surface area (Å²) in [5.41, 5.74) is 1.49. The third-order valence-electron chi connectivity index (χ3n) is 6.11. The minimum absolute atomic E-state index is 0.161. The van der Waals surface area contributed by atoms with Gasteiger partial charge in [-0.2, -0.15) is 0 Å². The van der Waals surface area contributed by atoms with Gasteiger partial charge in [0.05, 0.1) is 32.8 Å². The zero-order chi connectivity index (χ0) is 21.5. The van der Waals surface area contributed by atoms with Crippen LogP contribution in [0.1, 0.15) is 24.0 Å². The Morgan fingerprint density at radius 3 is 2.63 bits per heavy atom. The first kappa shape index (κ1) is 20.3. The Kier molecular flexibility index (Phi) is 5.19. The summed E-state index contributed by atoms with van der Waals surface area (Å²) in [6, 6.07) is 3.83. The van der Waals surface area contributed by atoms with Crippen LogP contribution in [0.5, 0.6) is 11.5 Å². The molecule has 4 rings (SSSR count). The van der Waals surface area contributed by atoms with Crippen molar-refractivity contribution in [2.75, 3.05) is 27.9 Å². The molecular weight excluding hydrogens is 390 g/mol. The van der Waals surface area contributed by atoms with Crippen molar-refractivity contribution in [1.82, 2.24) is 4.90 Å². The molecule has 8 nitrogen and oxygen atoms in total. The molecule has 1 aliphatic carbocycles. The zero-order valence-electron chi connectivity index (χ0n) is 17.2. The van der Waals surface area contributed by atoms with E-state index < -0.39 is 23.5 Å². The minimum Gasteiger partial charge on any atom is -0.493 e. The number of esters is 2. The van der Waals surface area contributed by atoms with E-state index in [0.717, 1.165) is 11.1 Å². The van der Waals surface area contributed by atoms with E-state index >= 15 is 0 Å². The number of methoxy groups -OCH3 is 3. The van der Waals surface area contributed by atoms with Crippen LogP contribution in [0.2, 0.25) is 0 Å². The molecule has 160 valence electrons. The number of hydrogen-bond donors (Lipinski definition) is 1. The fourth-order valence-electron chi connectivity index (χ4n) is 4.66. The van der Waals surface area contributed by atoms with Crippen LogP contribution in [-0.2, 0) is 31.0 Å². The molecule has 0 saturated heterocycles. The van der Waals surface area contributed by atoms with Crippen LogP contribution in [0.3, 0.4) is 0 Å². The second-order valence-electron chi connectivity index (χ2n) is 7.69. The number of carbonyl (C=O) groups excluding carboxylic acids is 2. The molecule has 3 unspecified atom stereocenters. The van der Waals surface area contributed by atoms with Crippen molar-refractivity contribution in [3.63, 3.8) is 0 Å². The Hall–Kier alpha value is -3.00. The molecule has 0 bridgehead atoms. The second kappa shape index (κ2) is 7.68. The molecular formula is C22H25NO7. The number of aliphatic hydroxyl groups excluding tert-OH is 1. The molecule has 0 aromatic heterocycles. The quantitative estimate of drug-likeness (QED) is 0.260. The Morgan fingerprint density at radius 1 is 1.23 bits per heavy atom. The predicted molar refractivity (Wildman–Crippen MR) is 106 cm³/mol. The molecule has 0 radical (unpaired) electrons. The van der Waals surface area contributed by atoms with Gasteiger partial charge in [0.2, 0.25) is 0 Å². The van der Waals surface area contributed by atoms with Gasteiger partial charge in [-0.25, -0.2) is 9.59 Å². The van der Waals surface area contributed by atoms with Crippen LogP contribution in [-0.4, -0.2) is 62.0 Å². The highest BCUT2D eigenvalue weighted by Crippen LogP contribution is 2.55. The lowest BCUT2D eigenvalue weighted by molar-refractivity contribution is -0.144. The van der Waals surface area contributed by atoms with Crippen molar-refractivity contribution in [2.24, 2.45) is 0 Å². The molecule has 1 spiro atoms. The summed E-state index contributed by atoms with van der Waals surface area (Å²) >= 11 is 0. The molecule has 1 N–H and O–H groups in total. The van der Waals surface area contributed by atoms with E-state index in [1.165, 1.54) is 20.4 Å². The number of carbonyl (C=O) groups is 2. The summed E-state index contributed by atoms with van der Waals surface area (Å²) in [6.45, 7) is 1.03. The Morgan fingerprint density at radius 2 is 1.97 bits per heavy atom. The van der Waals surface area contributed by atoms with Gasteiger partial charge >= 0.3 is 11.9 Å². The van der Waals surface area contributed by atoms with Crippen molar-refractivity contribution >= 4 is 11.9 Å². The van der Waals surface area contributed by atoms with Crippen molar-refractivity contribution in [3.8, 4) is 11.5 Å². The lowest BCUT2D eigenvalue weighted by Crippen LogP contribution is -2.42. The molecule has 1 aromatic carbocycles. The van der Waals surface area contributed by atoms with E-state index in [1.54, 1.807) is 7.11 Å². The Balaban J connectivity index is 1.79. The highest BCUT2D eigenvalue weighted by molar-refractivity contribution is 6.13. The molecule has 1 aromatic rings. The van der Waals surface area contributed by atoms with Gasteiger partial charge in [-0.3, -0.25) is 0 Å². The van der Waals surface area contributed by atoms with Gasteiger partial charge in [0.1, 0.15) is 6.10 Å². The van der Waals surface area contributed by atoms with E-state index in [9.17, 15) is 14.7 Å². The highest BCUT2D eigenvalue weighted by atomic mass is 16.5. The number of nitrogens with zero attached hydrogens (tertiary/aromatic N) is 1. The van der Waals surface area contributed by atoms with Crippen LogP contribution in [0.15, 0.2) is 36.1 Å². The number of aliphatic hydroxyl groups is 1. The fourth-order valence-corrected chi connectivity index (χ4v) is 4.66. The van der Waals surface area contributed by atoms with Crippen molar-refractivity contribution < 1.29 is 33.6 Å². The van der Waals surface area contributed by atoms with Crippen LogP contribution >= 0.6 is 0 Å². The van der Waals surface area contributed by atoms with Gasteiger partial charge in [0.25, 0.3) is 0 Å². The first-order valence-electron chi connectivity index (χ1n) is 9.80. The van der Waals surface area contributed by atoms with Crippen LogP contribution in [0.4, 0.5) is 0 Å². The summed E-state index contributed by atoms with van der Waals surface area (Å²) in [7, 11) is 4.05. The summed E-state index contributed by atoms with van der Waals surface area (Å²) in [6.07, 6.45) is 5.75. The number of rotatable bonds is 4. The van der Waals surface area contributed by atoms with Crippen molar-refractivity contribution in [1.29, 1.82) is 0 Å². The zero-order valence-corrected chi connectivity index (χ0v) is 17.2. The first-order chi connectivity index (χ1) is 14.4. The average Bonchev–Trinajstić information content (AvgIpc) is 3.00. The molecule has 30 heavy (non-hydrogen) atoms. The summed E-state index contributed by atoms with van der Waals surface area (Å²) < 4.78 is 21.3. The monoisotopic (exact) mass is 415 g/mol. The summed E-state index contributed by atoms with van der Waals surface area (Å²) in [5, 5.41) is 10.2. The van der Waals surface area contributed by atoms with Crippen LogP contribution in [0.25, 0.3) is 0 Å². The van der Waals surface area contributed by atoms with Gasteiger partial charge in [-0.15, -0.1) is 0 Å². The maximum Gasteiger partial charge on any atom is 0.346 e. The lowest BCUT2D eigenvalue weighted by Gasteiger charge is -2.35. The predicted octanol–water partition coefficient (Wildman–Crippen LogP) is 1.45. The van der Waals surface area contributed by atoms with Crippen LogP contribution in [0, 0.1) is 0 Å². The smallest absolute Gasteiger partial charge is 0.346 e. The summed E-state index contributed by atoms with van der Waals surface area (Å²) in [4.78, 5) is 26.1. The van der Waals surface area contributed by atoms with Gasteiger partial charge in [-0.1, -0.05) is 18.2 Å². The third-order valence-corrected chi connectivity index (χ3v) is 6.11. The second-order valence-corrected chi connectivity index (χ2v) is 7.69. The Labute approximate surface area is 174 Å². The molecule has 0 fully saturated rings. The maximum absolute atomic E-state index is 12.1. The van der Waals surface area contributed by atoms with E-state index in [-0.39, 0.29) is 11.7 Å². The molecule has 2 heterocycles. The fraction of sp³-hybridized carbons (Fsp3) is 0.455. The standard InChI is InChI=1S/C22H25NO7/c1-27-16-5-4-13-11-23(12-15(20(25)28-2)21(26)29-3)9-8-22-7-6-14(24)10-17(22)30-19(16)18(13)22/h4-7,12,14,17,24H,8-11H2,1-3H3. The Bertz CT molecular complexity index is 920. The topological polar surface area (TPSA) is 94.5 Å². The van der Waals surface area contributed by atoms with Gasteiger partial charge < -0.3 is 29.0 Å². The number of hydrogen-bond acceptors (Lipinski definition) is 8. The van der Waals surface area contributed by atoms with Gasteiger partial charge in [-0.05, 0) is 18.1 Å². The SMILES string of the molecule is COC(=O)C(=CN1CCC23C=CC(O)CC2Oc2c(OC)ccc(c23)C1)C(=O)OC. The molecule has 3 atom stereocenters. The largest absolute Gasteiger partial charge is 0.493 e. The molecule has 2 aliphatic heterocycles. The molecule has 0 amide bonds. The van der Waals surface area contributed by atoms with Crippen molar-refractivity contribution in [3.05, 3.63) is 47.2 Å². The van der Waals surface area contributed by atoms with E-state index in [4.69, 9.17) is 18.9 Å². The number of ether oxygens (including phenoxy) is 4. The van der Waals surface area contributed by atoms with Gasteiger partial charge in [0.15, 0.2) is 17.1 Å². The van der Waals surface area contributed by atoms with Gasteiger partial charge in [0, 0.05) is 31.3 Å². The first-order valence-corrected chi connectivity index (χ1v) is 9.80.